The molecule has 0 spiro atoms. The fraction of sp³-hybridized carbons (Fsp3) is 0.0800. The fourth-order valence-corrected chi connectivity index (χ4v) is 3.03. The first kappa shape index (κ1) is 22.6. The van der Waals surface area contributed by atoms with Gasteiger partial charge in [0.2, 0.25) is 0 Å². The van der Waals surface area contributed by atoms with Crippen LogP contribution in [-0.4, -0.2) is 18.4 Å². The molecule has 0 unspecified atom stereocenters. The van der Waals surface area contributed by atoms with Crippen LogP contribution < -0.4 is 15.4 Å². The summed E-state index contributed by atoms with van der Waals surface area (Å²) in [5, 5.41) is 15.3. The Morgan fingerprint density at radius 2 is 1.72 bits per heavy atom. The van der Waals surface area contributed by atoms with Gasteiger partial charge in [-0.2, -0.15) is 5.26 Å². The van der Waals surface area contributed by atoms with Crippen molar-refractivity contribution in [3.63, 3.8) is 0 Å². The van der Waals surface area contributed by atoms with E-state index in [2.05, 4.69) is 10.6 Å². The van der Waals surface area contributed by atoms with Crippen molar-refractivity contribution in [1.82, 2.24) is 0 Å². The lowest BCUT2D eigenvalue weighted by Gasteiger charge is -2.09. The van der Waals surface area contributed by atoms with Crippen LogP contribution in [0, 0.1) is 18.3 Å². The van der Waals surface area contributed by atoms with Gasteiger partial charge in [-0.25, -0.2) is 0 Å². The van der Waals surface area contributed by atoms with E-state index in [9.17, 15) is 14.9 Å². The number of rotatable bonds is 7. The number of ether oxygens (including phenoxy) is 1. The first-order valence-electron chi connectivity index (χ1n) is 9.71. The van der Waals surface area contributed by atoms with E-state index in [4.69, 9.17) is 16.3 Å². The fourth-order valence-electron chi connectivity index (χ4n) is 2.84. The third-order valence-electron chi connectivity index (χ3n) is 4.29. The molecule has 0 fully saturated rings. The van der Waals surface area contributed by atoms with Crippen molar-refractivity contribution in [3.05, 3.63) is 94.5 Å². The molecule has 0 aliphatic rings. The minimum atomic E-state index is -0.557. The molecule has 32 heavy (non-hydrogen) atoms. The number of carbonyl (C=O) groups excluding carboxylic acids is 2. The van der Waals surface area contributed by atoms with Gasteiger partial charge < -0.3 is 15.4 Å². The highest BCUT2D eigenvalue weighted by Gasteiger charge is 2.10. The molecule has 160 valence electrons. The number of nitriles is 1. The van der Waals surface area contributed by atoms with Gasteiger partial charge in [-0.1, -0.05) is 41.9 Å². The van der Waals surface area contributed by atoms with Crippen molar-refractivity contribution < 1.29 is 14.3 Å². The molecule has 3 rings (SSSR count). The number of hydrogen-bond acceptors (Lipinski definition) is 4. The zero-order valence-corrected chi connectivity index (χ0v) is 18.0. The monoisotopic (exact) mass is 445 g/mol. The van der Waals surface area contributed by atoms with Crippen LogP contribution in [0.15, 0.2) is 78.4 Å². The lowest BCUT2D eigenvalue weighted by molar-refractivity contribution is -0.118. The van der Waals surface area contributed by atoms with Crippen molar-refractivity contribution in [2.75, 3.05) is 17.2 Å². The van der Waals surface area contributed by atoms with Gasteiger partial charge in [0.1, 0.15) is 17.4 Å². The number of amides is 2. The third kappa shape index (κ3) is 6.73. The number of carbonyl (C=O) groups is 2. The van der Waals surface area contributed by atoms with E-state index in [-0.39, 0.29) is 18.1 Å². The number of nitrogens with one attached hydrogen (secondary N) is 2. The van der Waals surface area contributed by atoms with E-state index in [0.717, 1.165) is 5.56 Å². The summed E-state index contributed by atoms with van der Waals surface area (Å²) in [4.78, 5) is 24.6. The quantitative estimate of drug-likeness (QED) is 0.385. The smallest absolute Gasteiger partial charge is 0.266 e. The van der Waals surface area contributed by atoms with Crippen LogP contribution in [-0.2, 0) is 9.59 Å². The Morgan fingerprint density at radius 1 is 1.00 bits per heavy atom. The number of hydrogen-bond donors (Lipinski definition) is 2. The van der Waals surface area contributed by atoms with Gasteiger partial charge in [-0.3, -0.25) is 9.59 Å². The topological polar surface area (TPSA) is 91.2 Å². The van der Waals surface area contributed by atoms with Crippen molar-refractivity contribution in [3.8, 4) is 11.8 Å². The molecule has 0 saturated carbocycles. The van der Waals surface area contributed by atoms with Crippen LogP contribution >= 0.6 is 11.6 Å². The standard InChI is InChI=1S/C25H20ClN3O3/c1-17-5-2-8-21(11-17)28-24(30)16-32-23-10-3-6-18(13-23)12-19(15-27)25(31)29-22-9-4-7-20(26)14-22/h2-14H,16H2,1H3,(H,28,30)(H,29,31)/b19-12-. The highest BCUT2D eigenvalue weighted by Crippen LogP contribution is 2.19. The first-order valence-corrected chi connectivity index (χ1v) is 10.1. The molecule has 0 atom stereocenters. The Balaban J connectivity index is 1.63. The van der Waals surface area contributed by atoms with Crippen LogP contribution in [0.25, 0.3) is 6.08 Å². The molecule has 3 aromatic rings. The van der Waals surface area contributed by atoms with Gasteiger partial charge in [0, 0.05) is 16.4 Å². The maximum atomic E-state index is 12.4. The zero-order valence-electron chi connectivity index (χ0n) is 17.3. The summed E-state index contributed by atoms with van der Waals surface area (Å²) >= 11 is 5.92. The van der Waals surface area contributed by atoms with E-state index in [1.54, 1.807) is 54.6 Å². The molecule has 2 amide bonds. The summed E-state index contributed by atoms with van der Waals surface area (Å²) in [5.41, 5.74) is 2.72. The van der Waals surface area contributed by atoms with Gasteiger partial charge in [-0.05, 0) is 66.6 Å². The van der Waals surface area contributed by atoms with Crippen molar-refractivity contribution in [2.24, 2.45) is 0 Å². The summed E-state index contributed by atoms with van der Waals surface area (Å²) in [7, 11) is 0. The van der Waals surface area contributed by atoms with Gasteiger partial charge in [0.25, 0.3) is 11.8 Å². The van der Waals surface area contributed by atoms with Gasteiger partial charge in [-0.15, -0.1) is 0 Å². The molecule has 0 heterocycles. The van der Waals surface area contributed by atoms with Crippen LogP contribution in [0.4, 0.5) is 11.4 Å². The van der Waals surface area contributed by atoms with Crippen molar-refractivity contribution >= 4 is 40.9 Å². The number of benzene rings is 3. The largest absolute Gasteiger partial charge is 0.484 e. The zero-order chi connectivity index (χ0) is 22.9. The molecule has 7 heteroatoms. The Morgan fingerprint density at radius 3 is 2.44 bits per heavy atom. The second-order valence-electron chi connectivity index (χ2n) is 6.91. The highest BCUT2D eigenvalue weighted by atomic mass is 35.5. The van der Waals surface area contributed by atoms with E-state index >= 15 is 0 Å². The predicted molar refractivity (Wildman–Crippen MR) is 125 cm³/mol. The molecule has 0 aromatic heterocycles. The second-order valence-corrected chi connectivity index (χ2v) is 7.35. The lowest BCUT2D eigenvalue weighted by Crippen LogP contribution is -2.20. The maximum absolute atomic E-state index is 12.4. The molecule has 0 aliphatic heterocycles. The first-order chi connectivity index (χ1) is 15.4. The summed E-state index contributed by atoms with van der Waals surface area (Å²) in [6, 6.07) is 22.8. The van der Waals surface area contributed by atoms with E-state index < -0.39 is 5.91 Å². The lowest BCUT2D eigenvalue weighted by atomic mass is 10.1. The average Bonchev–Trinajstić information content (AvgIpc) is 2.76. The van der Waals surface area contributed by atoms with Crippen molar-refractivity contribution in [1.29, 1.82) is 5.26 Å². The maximum Gasteiger partial charge on any atom is 0.266 e. The summed E-state index contributed by atoms with van der Waals surface area (Å²) in [5.74, 6) is -0.417. The normalized spacial score (nSPS) is 10.7. The number of aryl methyl sites for hydroxylation is 1. The minimum absolute atomic E-state index is 0.0840. The Bertz CT molecular complexity index is 1210. The van der Waals surface area contributed by atoms with Crippen LogP contribution in [0.3, 0.4) is 0 Å². The van der Waals surface area contributed by atoms with E-state index in [1.807, 2.05) is 31.2 Å². The third-order valence-corrected chi connectivity index (χ3v) is 4.52. The molecule has 3 aromatic carbocycles. The average molecular weight is 446 g/mol. The summed E-state index contributed by atoms with van der Waals surface area (Å²) < 4.78 is 5.56. The molecule has 0 aliphatic carbocycles. The van der Waals surface area contributed by atoms with Gasteiger partial charge in [0.05, 0.1) is 0 Å². The number of nitrogens with zero attached hydrogens (tertiary/aromatic N) is 1. The second kappa shape index (κ2) is 10.8. The Labute approximate surface area is 191 Å². The molecular formula is C25H20ClN3O3. The Kier molecular flexibility index (Phi) is 7.63. The number of anilines is 2. The SMILES string of the molecule is Cc1cccc(NC(=O)COc2cccc(/C=C(/C#N)C(=O)Nc3cccc(Cl)c3)c2)c1. The highest BCUT2D eigenvalue weighted by molar-refractivity contribution is 6.31. The molecule has 6 nitrogen and oxygen atoms in total. The molecule has 0 saturated heterocycles. The molecule has 0 radical (unpaired) electrons. The van der Waals surface area contributed by atoms with Crippen LogP contribution in [0.2, 0.25) is 5.02 Å². The Hall–Kier alpha value is -4.08. The number of halogens is 1. The van der Waals surface area contributed by atoms with Crippen LogP contribution in [0.1, 0.15) is 11.1 Å². The van der Waals surface area contributed by atoms with Crippen LogP contribution in [0.5, 0.6) is 5.75 Å². The molecular weight excluding hydrogens is 426 g/mol. The predicted octanol–water partition coefficient (Wildman–Crippen LogP) is 5.21. The van der Waals surface area contributed by atoms with E-state index in [0.29, 0.717) is 27.7 Å². The summed E-state index contributed by atoms with van der Waals surface area (Å²) in [6.07, 6.45) is 1.44. The van der Waals surface area contributed by atoms with Gasteiger partial charge in [0.15, 0.2) is 6.61 Å². The van der Waals surface area contributed by atoms with Crippen molar-refractivity contribution in [2.45, 2.75) is 6.92 Å². The van der Waals surface area contributed by atoms with E-state index in [1.165, 1.54) is 6.08 Å². The summed E-state index contributed by atoms with van der Waals surface area (Å²) in [6.45, 7) is 1.76. The molecule has 0 bridgehead atoms. The molecule has 2 N–H and O–H groups in total. The van der Waals surface area contributed by atoms with Gasteiger partial charge >= 0.3 is 0 Å². The minimum Gasteiger partial charge on any atom is -0.484 e.